The van der Waals surface area contributed by atoms with Crippen LogP contribution in [0.3, 0.4) is 0 Å². The molecule has 1 aromatic heterocycles. The van der Waals surface area contributed by atoms with Crippen LogP contribution in [0.5, 0.6) is 0 Å². The fourth-order valence-corrected chi connectivity index (χ4v) is 2.63. The third-order valence-corrected chi connectivity index (χ3v) is 4.16. The van der Waals surface area contributed by atoms with Gasteiger partial charge in [-0.25, -0.2) is 0 Å². The second-order valence-electron chi connectivity index (χ2n) is 4.37. The Hall–Kier alpha value is -1.79. The maximum absolute atomic E-state index is 11.2. The number of hydrogen-bond acceptors (Lipinski definition) is 4. The highest BCUT2D eigenvalue weighted by atomic mass is 35.5. The number of thioether (sulfide) groups is 1. The van der Waals surface area contributed by atoms with Gasteiger partial charge in [-0.05, 0) is 31.2 Å². The second kappa shape index (κ2) is 6.78. The summed E-state index contributed by atoms with van der Waals surface area (Å²) in [5.74, 6) is 0.312. The van der Waals surface area contributed by atoms with E-state index in [1.54, 1.807) is 25.1 Å². The number of nitrogens with two attached hydrogens (primary N) is 1. The summed E-state index contributed by atoms with van der Waals surface area (Å²) in [4.78, 5) is 11.2. The number of primary amides is 1. The largest absolute Gasteiger partial charge is 0.369 e. The summed E-state index contributed by atoms with van der Waals surface area (Å²) in [6.45, 7) is 6.02. The zero-order valence-corrected chi connectivity index (χ0v) is 13.1. The molecule has 0 spiro atoms. The van der Waals surface area contributed by atoms with E-state index in [1.807, 2.05) is 16.7 Å². The van der Waals surface area contributed by atoms with E-state index in [-0.39, 0.29) is 11.2 Å². The van der Waals surface area contributed by atoms with Gasteiger partial charge in [0.25, 0.3) is 0 Å². The van der Waals surface area contributed by atoms with Crippen molar-refractivity contribution < 1.29 is 4.79 Å². The van der Waals surface area contributed by atoms with Gasteiger partial charge in [0, 0.05) is 17.1 Å². The van der Waals surface area contributed by atoms with Crippen molar-refractivity contribution >= 4 is 29.3 Å². The van der Waals surface area contributed by atoms with E-state index in [1.165, 1.54) is 11.8 Å². The van der Waals surface area contributed by atoms with E-state index < -0.39 is 0 Å². The van der Waals surface area contributed by atoms with E-state index in [4.69, 9.17) is 17.3 Å². The molecule has 1 amide bonds. The van der Waals surface area contributed by atoms with E-state index >= 15 is 0 Å². The van der Waals surface area contributed by atoms with Crippen LogP contribution in [0.1, 0.15) is 6.92 Å². The predicted molar refractivity (Wildman–Crippen MR) is 85.2 cm³/mol. The lowest BCUT2D eigenvalue weighted by Gasteiger charge is -2.10. The van der Waals surface area contributed by atoms with Crippen molar-refractivity contribution in [3.8, 4) is 11.4 Å². The minimum Gasteiger partial charge on any atom is -0.369 e. The van der Waals surface area contributed by atoms with Crippen LogP contribution < -0.4 is 5.73 Å². The molecule has 0 aliphatic heterocycles. The lowest BCUT2D eigenvalue weighted by atomic mass is 10.2. The molecule has 0 radical (unpaired) electrons. The van der Waals surface area contributed by atoms with E-state index in [0.29, 0.717) is 22.5 Å². The van der Waals surface area contributed by atoms with Crippen molar-refractivity contribution in [2.75, 3.05) is 0 Å². The van der Waals surface area contributed by atoms with Crippen LogP contribution in [0, 0.1) is 0 Å². The molecule has 1 heterocycles. The van der Waals surface area contributed by atoms with Crippen molar-refractivity contribution in [1.82, 2.24) is 14.8 Å². The van der Waals surface area contributed by atoms with Crippen LogP contribution in [-0.4, -0.2) is 25.9 Å². The minimum atomic E-state index is -0.388. The molecule has 110 valence electrons. The number of halogens is 1. The Morgan fingerprint density at radius 2 is 2.14 bits per heavy atom. The average molecular weight is 323 g/mol. The van der Waals surface area contributed by atoms with Gasteiger partial charge >= 0.3 is 0 Å². The zero-order chi connectivity index (χ0) is 15.4. The Bertz CT molecular complexity index is 653. The molecular formula is C14H15ClN4OS. The molecule has 1 atom stereocenters. The van der Waals surface area contributed by atoms with Crippen molar-refractivity contribution in [3.63, 3.8) is 0 Å². The fraction of sp³-hybridized carbons (Fsp3) is 0.214. The van der Waals surface area contributed by atoms with Gasteiger partial charge in [0.2, 0.25) is 5.91 Å². The first kappa shape index (κ1) is 15.6. The fourth-order valence-electron chi connectivity index (χ4n) is 1.70. The molecule has 0 saturated heterocycles. The summed E-state index contributed by atoms with van der Waals surface area (Å²) in [7, 11) is 0. The third-order valence-electron chi connectivity index (χ3n) is 2.81. The molecular weight excluding hydrogens is 308 g/mol. The highest BCUT2D eigenvalue weighted by Gasteiger charge is 2.18. The van der Waals surface area contributed by atoms with E-state index in [2.05, 4.69) is 16.8 Å². The Balaban J connectivity index is 2.38. The van der Waals surface area contributed by atoms with E-state index in [0.717, 1.165) is 5.56 Å². The molecule has 0 fully saturated rings. The third kappa shape index (κ3) is 3.65. The van der Waals surface area contributed by atoms with Gasteiger partial charge in [-0.15, -0.1) is 16.8 Å². The number of amides is 1. The molecule has 2 rings (SSSR count). The number of rotatable bonds is 6. The number of carbonyl (C=O) groups excluding carboxylic acids is 1. The van der Waals surface area contributed by atoms with Crippen molar-refractivity contribution in [2.45, 2.75) is 23.9 Å². The van der Waals surface area contributed by atoms with Gasteiger partial charge in [0.05, 0.1) is 5.25 Å². The summed E-state index contributed by atoms with van der Waals surface area (Å²) < 4.78 is 1.89. The number of allylic oxidation sites excluding steroid dienone is 1. The van der Waals surface area contributed by atoms with Gasteiger partial charge in [-0.2, -0.15) is 0 Å². The molecule has 1 aromatic carbocycles. The smallest absolute Gasteiger partial charge is 0.230 e. The topological polar surface area (TPSA) is 73.8 Å². The number of benzene rings is 1. The molecule has 0 aliphatic carbocycles. The Kier molecular flexibility index (Phi) is 5.03. The first-order chi connectivity index (χ1) is 10.0. The lowest BCUT2D eigenvalue weighted by molar-refractivity contribution is -0.117. The van der Waals surface area contributed by atoms with Crippen LogP contribution in [-0.2, 0) is 11.3 Å². The Labute approximate surface area is 132 Å². The SMILES string of the molecule is C=CCn1c(S[C@@H](C)C(N)=O)nnc1-c1ccc(Cl)cc1. The van der Waals surface area contributed by atoms with Gasteiger partial charge in [-0.3, -0.25) is 9.36 Å². The molecule has 2 N–H and O–H groups in total. The molecule has 7 heteroatoms. The average Bonchev–Trinajstić information content (AvgIpc) is 2.83. The highest BCUT2D eigenvalue weighted by Crippen LogP contribution is 2.27. The van der Waals surface area contributed by atoms with Gasteiger partial charge < -0.3 is 5.73 Å². The van der Waals surface area contributed by atoms with Gasteiger partial charge in [0.15, 0.2) is 11.0 Å². The summed E-state index contributed by atoms with van der Waals surface area (Å²) in [6, 6.07) is 7.33. The molecule has 0 bridgehead atoms. The summed E-state index contributed by atoms with van der Waals surface area (Å²) in [5.41, 5.74) is 6.19. The zero-order valence-electron chi connectivity index (χ0n) is 11.5. The van der Waals surface area contributed by atoms with Crippen molar-refractivity contribution in [3.05, 3.63) is 41.9 Å². The number of carbonyl (C=O) groups is 1. The normalized spacial score (nSPS) is 12.1. The number of aromatic nitrogens is 3. The number of nitrogens with zero attached hydrogens (tertiary/aromatic N) is 3. The molecule has 2 aromatic rings. The van der Waals surface area contributed by atoms with Crippen molar-refractivity contribution in [1.29, 1.82) is 0 Å². The standard InChI is InChI=1S/C14H15ClN4OS/c1-3-8-19-13(10-4-6-11(15)7-5-10)17-18-14(19)21-9(2)12(16)20/h3-7,9H,1,8H2,2H3,(H2,16,20)/t9-/m0/s1. The Morgan fingerprint density at radius 1 is 1.48 bits per heavy atom. The molecule has 0 aliphatic rings. The van der Waals surface area contributed by atoms with Crippen LogP contribution >= 0.6 is 23.4 Å². The van der Waals surface area contributed by atoms with E-state index in [9.17, 15) is 4.79 Å². The lowest BCUT2D eigenvalue weighted by Crippen LogP contribution is -2.23. The Morgan fingerprint density at radius 3 is 2.71 bits per heavy atom. The highest BCUT2D eigenvalue weighted by molar-refractivity contribution is 8.00. The molecule has 0 saturated carbocycles. The van der Waals surface area contributed by atoms with Crippen LogP contribution in [0.15, 0.2) is 42.1 Å². The van der Waals surface area contributed by atoms with Crippen LogP contribution in [0.4, 0.5) is 0 Å². The van der Waals surface area contributed by atoms with Crippen molar-refractivity contribution in [2.24, 2.45) is 5.73 Å². The summed E-state index contributed by atoms with van der Waals surface area (Å²) in [6.07, 6.45) is 1.75. The first-order valence-corrected chi connectivity index (χ1v) is 7.54. The van der Waals surface area contributed by atoms with Gasteiger partial charge in [-0.1, -0.05) is 29.4 Å². The molecule has 0 unspecified atom stereocenters. The second-order valence-corrected chi connectivity index (χ2v) is 6.12. The van der Waals surface area contributed by atoms with Crippen LogP contribution in [0.25, 0.3) is 11.4 Å². The maximum atomic E-state index is 11.2. The first-order valence-electron chi connectivity index (χ1n) is 6.29. The minimum absolute atomic E-state index is 0.379. The predicted octanol–water partition coefficient (Wildman–Crippen LogP) is 2.75. The molecule has 21 heavy (non-hydrogen) atoms. The maximum Gasteiger partial charge on any atom is 0.230 e. The molecule has 5 nitrogen and oxygen atoms in total. The summed E-state index contributed by atoms with van der Waals surface area (Å²) >= 11 is 7.17. The quantitative estimate of drug-likeness (QED) is 0.655. The summed E-state index contributed by atoms with van der Waals surface area (Å²) in [5, 5.41) is 9.25. The number of hydrogen-bond donors (Lipinski definition) is 1. The van der Waals surface area contributed by atoms with Crippen LogP contribution in [0.2, 0.25) is 5.02 Å². The van der Waals surface area contributed by atoms with Gasteiger partial charge in [0.1, 0.15) is 0 Å². The monoisotopic (exact) mass is 322 g/mol.